The van der Waals surface area contributed by atoms with Gasteiger partial charge in [0.15, 0.2) is 0 Å². The van der Waals surface area contributed by atoms with Crippen molar-refractivity contribution in [1.29, 1.82) is 0 Å². The number of carboxylic acid groups (broad SMARTS) is 1. The Labute approximate surface area is 78.6 Å². The highest BCUT2D eigenvalue weighted by Gasteiger charge is 2.03. The number of carboxylic acids is 1. The molecule has 0 aromatic carbocycles. The zero-order valence-electron chi connectivity index (χ0n) is 7.53. The van der Waals surface area contributed by atoms with Crippen molar-refractivity contribution in [2.24, 2.45) is 5.73 Å². The lowest BCUT2D eigenvalue weighted by molar-refractivity contribution is 0.0689. The monoisotopic (exact) mass is 201 g/mol. The largest absolute Gasteiger partial charge is 0.477 e. The topological polar surface area (TPSA) is 129 Å². The molecule has 1 heterocycles. The quantitative estimate of drug-likeness (QED) is 0.450. The zero-order chi connectivity index (χ0) is 11.1. The van der Waals surface area contributed by atoms with Gasteiger partial charge < -0.3 is 15.8 Å². The first kappa shape index (κ1) is 12.1. The predicted octanol–water partition coefficient (Wildman–Crippen LogP) is -1.27. The second-order valence-corrected chi connectivity index (χ2v) is 2.21. The summed E-state index contributed by atoms with van der Waals surface area (Å²) >= 11 is 0. The molecule has 0 atom stereocenters. The number of hydrogen-bond acceptors (Lipinski definition) is 4. The molecule has 1 aromatic rings. The molecule has 0 saturated heterocycles. The second-order valence-electron chi connectivity index (χ2n) is 2.21. The number of H-pyrrole nitrogens is 2. The fourth-order valence-corrected chi connectivity index (χ4v) is 0.584. The van der Waals surface area contributed by atoms with Gasteiger partial charge in [-0.3, -0.25) is 9.78 Å². The van der Waals surface area contributed by atoms with Crippen molar-refractivity contribution in [3.05, 3.63) is 32.6 Å². The van der Waals surface area contributed by atoms with E-state index in [0.717, 1.165) is 12.6 Å². The first-order chi connectivity index (χ1) is 6.51. The van der Waals surface area contributed by atoms with E-state index in [1.54, 1.807) is 0 Å². The standard InChI is InChI=1S/C5H4N2O4.C2H7N/c8-3-1-2(4(9)10)6-5(11)7-3;1-2-3/h1H,(H,9,10)(H2,6,7,8,11);2-3H2,1H3. The maximum atomic E-state index is 10.5. The van der Waals surface area contributed by atoms with Crippen LogP contribution < -0.4 is 17.0 Å². The Bertz CT molecular complexity index is 378. The van der Waals surface area contributed by atoms with Crippen LogP contribution in [-0.4, -0.2) is 27.6 Å². The Morgan fingerprint density at radius 1 is 1.50 bits per heavy atom. The van der Waals surface area contributed by atoms with Crippen LogP contribution in [0.1, 0.15) is 17.4 Å². The summed E-state index contributed by atoms with van der Waals surface area (Å²) in [6.45, 7) is 2.65. The van der Waals surface area contributed by atoms with Crippen LogP contribution in [0.15, 0.2) is 15.7 Å². The summed E-state index contributed by atoms with van der Waals surface area (Å²) in [7, 11) is 0. The summed E-state index contributed by atoms with van der Waals surface area (Å²) in [5.41, 5.74) is 2.87. The fourth-order valence-electron chi connectivity index (χ4n) is 0.584. The first-order valence-corrected chi connectivity index (χ1v) is 3.78. The van der Waals surface area contributed by atoms with Gasteiger partial charge in [0.2, 0.25) is 0 Å². The number of rotatable bonds is 1. The number of hydrogen-bond donors (Lipinski definition) is 4. The van der Waals surface area contributed by atoms with Gasteiger partial charge in [0.25, 0.3) is 5.56 Å². The molecule has 7 heteroatoms. The van der Waals surface area contributed by atoms with Crippen LogP contribution in [0.4, 0.5) is 0 Å². The van der Waals surface area contributed by atoms with Gasteiger partial charge >= 0.3 is 11.7 Å². The maximum absolute atomic E-state index is 10.5. The van der Waals surface area contributed by atoms with E-state index in [0.29, 0.717) is 0 Å². The van der Waals surface area contributed by atoms with E-state index in [-0.39, 0.29) is 0 Å². The highest BCUT2D eigenvalue weighted by atomic mass is 16.4. The smallest absolute Gasteiger partial charge is 0.352 e. The molecule has 0 bridgehead atoms. The van der Waals surface area contributed by atoms with Crippen molar-refractivity contribution in [2.45, 2.75) is 6.92 Å². The van der Waals surface area contributed by atoms with Gasteiger partial charge in [-0.25, -0.2) is 9.59 Å². The number of carbonyl (C=O) groups is 1. The molecule has 0 spiro atoms. The molecule has 14 heavy (non-hydrogen) atoms. The lowest BCUT2D eigenvalue weighted by atomic mass is 10.4. The normalized spacial score (nSPS) is 8.71. The number of aromatic nitrogens is 2. The van der Waals surface area contributed by atoms with Gasteiger partial charge in [0, 0.05) is 6.07 Å². The van der Waals surface area contributed by atoms with Crippen LogP contribution in [0.3, 0.4) is 0 Å². The van der Waals surface area contributed by atoms with Gasteiger partial charge in [0.05, 0.1) is 0 Å². The van der Waals surface area contributed by atoms with Gasteiger partial charge in [-0.15, -0.1) is 0 Å². The molecular formula is C7H11N3O4. The predicted molar refractivity (Wildman–Crippen MR) is 49.4 cm³/mol. The van der Waals surface area contributed by atoms with Crippen LogP contribution in [0.25, 0.3) is 0 Å². The van der Waals surface area contributed by atoms with Crippen LogP contribution in [0.2, 0.25) is 0 Å². The summed E-state index contributed by atoms with van der Waals surface area (Å²) in [5, 5.41) is 8.31. The summed E-state index contributed by atoms with van der Waals surface area (Å²) in [6.07, 6.45) is 0. The lowest BCUT2D eigenvalue weighted by Crippen LogP contribution is -2.24. The molecule has 7 nitrogen and oxygen atoms in total. The Kier molecular flexibility index (Phi) is 4.93. The summed E-state index contributed by atoms with van der Waals surface area (Å²) in [4.78, 5) is 34.9. The van der Waals surface area contributed by atoms with Crippen molar-refractivity contribution in [1.82, 2.24) is 9.97 Å². The number of aromatic carboxylic acids is 1. The number of nitrogens with one attached hydrogen (secondary N) is 2. The molecule has 0 radical (unpaired) electrons. The van der Waals surface area contributed by atoms with Crippen LogP contribution in [-0.2, 0) is 0 Å². The third-order valence-corrected chi connectivity index (χ3v) is 0.991. The molecule has 1 aromatic heterocycles. The van der Waals surface area contributed by atoms with E-state index in [9.17, 15) is 14.4 Å². The van der Waals surface area contributed by atoms with Gasteiger partial charge in [-0.1, -0.05) is 6.92 Å². The first-order valence-electron chi connectivity index (χ1n) is 3.78. The Morgan fingerprint density at radius 3 is 2.36 bits per heavy atom. The minimum atomic E-state index is -1.34. The van der Waals surface area contributed by atoms with Crippen molar-refractivity contribution >= 4 is 5.97 Å². The van der Waals surface area contributed by atoms with Gasteiger partial charge in [-0.05, 0) is 6.54 Å². The second kappa shape index (κ2) is 5.70. The molecule has 0 fully saturated rings. The molecule has 78 valence electrons. The fraction of sp³-hybridized carbons (Fsp3) is 0.286. The molecule has 0 unspecified atom stereocenters. The average Bonchev–Trinajstić information content (AvgIpc) is 2.03. The molecule has 0 aliphatic carbocycles. The Balaban J connectivity index is 0.000000500. The Morgan fingerprint density at radius 2 is 2.00 bits per heavy atom. The van der Waals surface area contributed by atoms with Crippen LogP contribution >= 0.6 is 0 Å². The van der Waals surface area contributed by atoms with E-state index in [1.807, 2.05) is 16.9 Å². The summed E-state index contributed by atoms with van der Waals surface area (Å²) in [6, 6.07) is 0.795. The van der Waals surface area contributed by atoms with E-state index in [1.165, 1.54) is 0 Å². The van der Waals surface area contributed by atoms with E-state index in [2.05, 4.69) is 0 Å². The molecule has 0 aliphatic heterocycles. The summed E-state index contributed by atoms with van der Waals surface area (Å²) in [5.74, 6) is -1.34. The highest BCUT2D eigenvalue weighted by molar-refractivity contribution is 5.84. The SMILES string of the molecule is CCN.O=C(O)c1cc(=O)[nH]c(=O)[nH]1. The van der Waals surface area contributed by atoms with E-state index < -0.39 is 22.9 Å². The van der Waals surface area contributed by atoms with E-state index >= 15 is 0 Å². The third-order valence-electron chi connectivity index (χ3n) is 0.991. The van der Waals surface area contributed by atoms with Crippen LogP contribution in [0, 0.1) is 0 Å². The van der Waals surface area contributed by atoms with Gasteiger partial charge in [-0.2, -0.15) is 0 Å². The van der Waals surface area contributed by atoms with Crippen molar-refractivity contribution < 1.29 is 9.90 Å². The lowest BCUT2D eigenvalue weighted by Gasteiger charge is -1.89. The molecule has 0 amide bonds. The molecule has 1 rings (SSSR count). The molecule has 0 aliphatic rings. The zero-order valence-corrected chi connectivity index (χ0v) is 7.53. The van der Waals surface area contributed by atoms with Gasteiger partial charge in [0.1, 0.15) is 5.69 Å². The molecule has 0 saturated carbocycles. The van der Waals surface area contributed by atoms with E-state index in [4.69, 9.17) is 10.8 Å². The average molecular weight is 201 g/mol. The van der Waals surface area contributed by atoms with Crippen molar-refractivity contribution in [2.75, 3.05) is 6.54 Å². The summed E-state index contributed by atoms with van der Waals surface area (Å²) < 4.78 is 0. The molecule has 5 N–H and O–H groups in total. The van der Waals surface area contributed by atoms with Crippen molar-refractivity contribution in [3.63, 3.8) is 0 Å². The molecular weight excluding hydrogens is 190 g/mol. The number of aromatic amines is 2. The minimum Gasteiger partial charge on any atom is -0.477 e. The van der Waals surface area contributed by atoms with Crippen LogP contribution in [0.5, 0.6) is 0 Å². The van der Waals surface area contributed by atoms with Crippen molar-refractivity contribution in [3.8, 4) is 0 Å². The Hall–Kier alpha value is -1.89. The third kappa shape index (κ3) is 4.21. The number of nitrogens with two attached hydrogens (primary N) is 1. The highest BCUT2D eigenvalue weighted by Crippen LogP contribution is 1.81. The minimum absolute atomic E-state index is 0.418. The maximum Gasteiger partial charge on any atom is 0.352 e.